The Kier molecular flexibility index (Phi) is 7.46. The van der Waals surface area contributed by atoms with Gasteiger partial charge in [0.25, 0.3) is 0 Å². The van der Waals surface area contributed by atoms with E-state index in [4.69, 9.17) is 9.26 Å². The molecule has 0 aliphatic heterocycles. The molecule has 0 aliphatic carbocycles. The van der Waals surface area contributed by atoms with Crippen LogP contribution in [-0.2, 0) is 21.3 Å². The Bertz CT molecular complexity index is 1060. The van der Waals surface area contributed by atoms with Crippen LogP contribution in [0.3, 0.4) is 0 Å². The molecule has 30 heavy (non-hydrogen) atoms. The van der Waals surface area contributed by atoms with Crippen LogP contribution in [0.2, 0.25) is 0 Å². The van der Waals surface area contributed by atoms with Crippen LogP contribution in [-0.4, -0.2) is 38.1 Å². The van der Waals surface area contributed by atoms with Crippen molar-refractivity contribution in [1.29, 1.82) is 0 Å². The molecule has 0 saturated carbocycles. The van der Waals surface area contributed by atoms with Gasteiger partial charge >= 0.3 is 0 Å². The van der Waals surface area contributed by atoms with Gasteiger partial charge in [-0.2, -0.15) is 4.31 Å². The number of hydrogen-bond acceptors (Lipinski definition) is 6. The molecule has 0 bridgehead atoms. The van der Waals surface area contributed by atoms with E-state index in [9.17, 15) is 8.42 Å². The largest absolute Gasteiger partial charge is 0.385 e. The predicted molar refractivity (Wildman–Crippen MR) is 119 cm³/mol. The van der Waals surface area contributed by atoms with Gasteiger partial charge in [-0.05, 0) is 42.3 Å². The van der Waals surface area contributed by atoms with Crippen molar-refractivity contribution in [3.63, 3.8) is 0 Å². The first-order valence-electron chi connectivity index (χ1n) is 9.92. The third-order valence-corrected chi connectivity index (χ3v) is 7.60. The van der Waals surface area contributed by atoms with Crippen molar-refractivity contribution in [2.45, 2.75) is 44.6 Å². The molecule has 2 heterocycles. The van der Waals surface area contributed by atoms with Crippen LogP contribution in [0.4, 0.5) is 0 Å². The van der Waals surface area contributed by atoms with Crippen molar-refractivity contribution in [2.75, 3.05) is 20.3 Å². The molecule has 3 rings (SSSR count). The number of nitrogens with zero attached hydrogens (tertiary/aromatic N) is 2. The minimum Gasteiger partial charge on any atom is -0.385 e. The number of thiophene rings is 1. The number of rotatable bonds is 10. The molecule has 3 aromatic rings. The summed E-state index contributed by atoms with van der Waals surface area (Å²) in [5, 5.41) is 5.89. The zero-order chi connectivity index (χ0) is 21.7. The Morgan fingerprint density at radius 2 is 2.03 bits per heavy atom. The predicted octanol–water partition coefficient (Wildman–Crippen LogP) is 5.06. The lowest BCUT2D eigenvalue weighted by Gasteiger charge is -2.24. The maximum atomic E-state index is 13.8. The molecular formula is C22H28N2O4S2. The zero-order valence-corrected chi connectivity index (χ0v) is 19.4. The molecule has 0 spiro atoms. The number of sulfonamides is 1. The monoisotopic (exact) mass is 448 g/mol. The van der Waals surface area contributed by atoms with E-state index in [1.807, 2.05) is 56.5 Å². The van der Waals surface area contributed by atoms with Gasteiger partial charge < -0.3 is 9.26 Å². The molecule has 0 radical (unpaired) electrons. The number of methoxy groups -OCH3 is 1. The van der Waals surface area contributed by atoms with Gasteiger partial charge in [-0.25, -0.2) is 8.42 Å². The maximum Gasteiger partial charge on any atom is 0.243 e. The molecular weight excluding hydrogens is 420 g/mol. The van der Waals surface area contributed by atoms with Crippen LogP contribution >= 0.6 is 11.3 Å². The van der Waals surface area contributed by atoms with E-state index < -0.39 is 10.0 Å². The Morgan fingerprint density at radius 1 is 1.23 bits per heavy atom. The molecule has 1 aromatic carbocycles. The first kappa shape index (κ1) is 22.7. The van der Waals surface area contributed by atoms with Crippen LogP contribution in [0.1, 0.15) is 42.3 Å². The van der Waals surface area contributed by atoms with Crippen LogP contribution in [0.15, 0.2) is 51.2 Å². The quantitative estimate of drug-likeness (QED) is 0.405. The SMILES string of the molecule is COCCCN(Cc1cccs1)S(=O)(=O)c1cc(-c2cc(C)no2)ccc1C(C)C. The van der Waals surface area contributed by atoms with Crippen LogP contribution in [0.25, 0.3) is 11.3 Å². The Balaban J connectivity index is 2.05. The molecule has 8 heteroatoms. The molecule has 2 aromatic heterocycles. The standard InChI is InChI=1S/C22H28N2O4S2/c1-16(2)20-9-8-18(21-13-17(3)23-28-21)14-22(20)30(25,26)24(10-6-11-27-4)15-19-7-5-12-29-19/h5,7-9,12-14,16H,6,10-11,15H2,1-4H3. The van der Waals surface area contributed by atoms with Gasteiger partial charge in [-0.1, -0.05) is 37.2 Å². The summed E-state index contributed by atoms with van der Waals surface area (Å²) < 4.78 is 39.7. The van der Waals surface area contributed by atoms with Crippen molar-refractivity contribution in [1.82, 2.24) is 9.46 Å². The second kappa shape index (κ2) is 9.87. The fraction of sp³-hybridized carbons (Fsp3) is 0.409. The average molecular weight is 449 g/mol. The average Bonchev–Trinajstić information content (AvgIpc) is 3.38. The van der Waals surface area contributed by atoms with Crippen LogP contribution in [0, 0.1) is 6.92 Å². The van der Waals surface area contributed by atoms with Gasteiger partial charge in [-0.3, -0.25) is 0 Å². The lowest BCUT2D eigenvalue weighted by Crippen LogP contribution is -2.32. The molecule has 0 N–H and O–H groups in total. The minimum atomic E-state index is -3.73. The van der Waals surface area contributed by atoms with Gasteiger partial charge in [0.1, 0.15) is 0 Å². The molecule has 0 unspecified atom stereocenters. The smallest absolute Gasteiger partial charge is 0.243 e. The van der Waals surface area contributed by atoms with Crippen LogP contribution < -0.4 is 0 Å². The van der Waals surface area contributed by atoms with E-state index in [-0.39, 0.29) is 5.92 Å². The summed E-state index contributed by atoms with van der Waals surface area (Å²) in [6, 6.07) is 11.2. The summed E-state index contributed by atoms with van der Waals surface area (Å²) >= 11 is 1.55. The molecule has 0 amide bonds. The molecule has 162 valence electrons. The van der Waals surface area contributed by atoms with E-state index in [0.717, 1.165) is 16.1 Å². The normalized spacial score (nSPS) is 12.2. The van der Waals surface area contributed by atoms with Crippen molar-refractivity contribution in [3.05, 3.63) is 57.9 Å². The molecule has 0 atom stereocenters. The number of benzene rings is 1. The highest BCUT2D eigenvalue weighted by Gasteiger charge is 2.29. The van der Waals surface area contributed by atoms with E-state index in [1.165, 1.54) is 0 Å². The number of aromatic nitrogens is 1. The summed E-state index contributed by atoms with van der Waals surface area (Å²) in [5.74, 6) is 0.617. The van der Waals surface area contributed by atoms with E-state index in [2.05, 4.69) is 5.16 Å². The molecule has 0 fully saturated rings. The van der Waals surface area contributed by atoms with E-state index >= 15 is 0 Å². The highest BCUT2D eigenvalue weighted by molar-refractivity contribution is 7.89. The number of aryl methyl sites for hydroxylation is 1. The third-order valence-electron chi connectivity index (χ3n) is 4.83. The van der Waals surface area contributed by atoms with Crippen molar-refractivity contribution in [2.24, 2.45) is 0 Å². The second-order valence-electron chi connectivity index (χ2n) is 7.50. The van der Waals surface area contributed by atoms with E-state index in [1.54, 1.807) is 28.8 Å². The molecule has 0 saturated heterocycles. The van der Waals surface area contributed by atoms with Crippen molar-refractivity contribution >= 4 is 21.4 Å². The maximum absolute atomic E-state index is 13.8. The highest BCUT2D eigenvalue weighted by Crippen LogP contribution is 2.32. The lowest BCUT2D eigenvalue weighted by molar-refractivity contribution is 0.187. The van der Waals surface area contributed by atoms with Gasteiger partial charge in [0.05, 0.1) is 10.6 Å². The molecule has 0 aliphatic rings. The topological polar surface area (TPSA) is 72.6 Å². The molecule has 6 nitrogen and oxygen atoms in total. The zero-order valence-electron chi connectivity index (χ0n) is 17.8. The van der Waals surface area contributed by atoms with E-state index in [0.29, 0.717) is 42.3 Å². The summed E-state index contributed by atoms with van der Waals surface area (Å²) in [6.07, 6.45) is 0.624. The van der Waals surface area contributed by atoms with Gasteiger partial charge in [0.2, 0.25) is 10.0 Å². The lowest BCUT2D eigenvalue weighted by atomic mass is 10.0. The fourth-order valence-corrected chi connectivity index (χ4v) is 5.91. The Hall–Kier alpha value is -2.00. The van der Waals surface area contributed by atoms with Gasteiger partial charge in [0, 0.05) is 43.3 Å². The highest BCUT2D eigenvalue weighted by atomic mass is 32.2. The van der Waals surface area contributed by atoms with Crippen molar-refractivity contribution < 1.29 is 17.7 Å². The van der Waals surface area contributed by atoms with Crippen molar-refractivity contribution in [3.8, 4) is 11.3 Å². The Morgan fingerprint density at radius 3 is 2.63 bits per heavy atom. The van der Waals surface area contributed by atoms with Gasteiger partial charge in [-0.15, -0.1) is 11.3 Å². The van der Waals surface area contributed by atoms with Crippen LogP contribution in [0.5, 0.6) is 0 Å². The second-order valence-corrected chi connectivity index (χ2v) is 10.4. The fourth-order valence-electron chi connectivity index (χ4n) is 3.27. The summed E-state index contributed by atoms with van der Waals surface area (Å²) in [5.41, 5.74) is 2.24. The summed E-state index contributed by atoms with van der Waals surface area (Å²) in [4.78, 5) is 1.32. The minimum absolute atomic E-state index is 0.0582. The van der Waals surface area contributed by atoms with Gasteiger partial charge in [0.15, 0.2) is 5.76 Å². The Labute approximate surface area is 182 Å². The summed E-state index contributed by atoms with van der Waals surface area (Å²) in [7, 11) is -2.11. The summed E-state index contributed by atoms with van der Waals surface area (Å²) in [6.45, 7) is 7.07. The third kappa shape index (κ3) is 5.18. The number of hydrogen-bond donors (Lipinski definition) is 0. The number of ether oxygens (including phenoxy) is 1. The first-order chi connectivity index (χ1) is 14.3. The first-order valence-corrected chi connectivity index (χ1v) is 12.2.